The van der Waals surface area contributed by atoms with E-state index in [1.807, 2.05) is 18.5 Å². The molecule has 2 saturated carbocycles. The molecular formula is C13H20N2O2S2. The van der Waals surface area contributed by atoms with Gasteiger partial charge in [0.2, 0.25) is 0 Å². The van der Waals surface area contributed by atoms with Crippen LogP contribution in [-0.2, 0) is 16.6 Å². The van der Waals surface area contributed by atoms with Gasteiger partial charge in [-0.05, 0) is 55.7 Å². The van der Waals surface area contributed by atoms with Crippen LogP contribution in [0.1, 0.15) is 31.2 Å². The lowest BCUT2D eigenvalue weighted by Gasteiger charge is -2.20. The van der Waals surface area contributed by atoms with Crippen molar-refractivity contribution in [2.75, 3.05) is 13.6 Å². The van der Waals surface area contributed by atoms with Crippen LogP contribution in [0.25, 0.3) is 0 Å². The summed E-state index contributed by atoms with van der Waals surface area (Å²) in [5.41, 5.74) is 1.05. The Hall–Kier alpha value is -0.430. The molecule has 0 spiro atoms. The molecule has 0 unspecified atom stereocenters. The van der Waals surface area contributed by atoms with Crippen LogP contribution in [0.15, 0.2) is 15.7 Å². The van der Waals surface area contributed by atoms with Gasteiger partial charge in [0.05, 0.1) is 0 Å². The number of hydrogen-bond acceptors (Lipinski definition) is 4. The zero-order valence-corrected chi connectivity index (χ0v) is 12.8. The molecule has 0 bridgehead atoms. The highest BCUT2D eigenvalue weighted by atomic mass is 32.2. The van der Waals surface area contributed by atoms with Crippen molar-refractivity contribution in [2.45, 2.75) is 42.5 Å². The summed E-state index contributed by atoms with van der Waals surface area (Å²) < 4.78 is 27.7. The van der Waals surface area contributed by atoms with E-state index in [-0.39, 0.29) is 6.04 Å². The van der Waals surface area contributed by atoms with E-state index in [9.17, 15) is 8.42 Å². The molecule has 106 valence electrons. The van der Waals surface area contributed by atoms with Gasteiger partial charge in [0.1, 0.15) is 4.21 Å². The standard InChI is InChI=1S/C13H20N2O2S2/c1-14-7-11-6-13(18-9-11)19(16,17)15(12-4-5-12)8-10-2-3-10/h6,9-10,12,14H,2-5,7-8H2,1H3. The molecule has 0 saturated heterocycles. The molecule has 1 aromatic rings. The number of hydrogen-bond donors (Lipinski definition) is 1. The van der Waals surface area contributed by atoms with Gasteiger partial charge >= 0.3 is 0 Å². The Morgan fingerprint density at radius 3 is 2.68 bits per heavy atom. The van der Waals surface area contributed by atoms with Crippen LogP contribution in [0.5, 0.6) is 0 Å². The van der Waals surface area contributed by atoms with Crippen molar-refractivity contribution in [1.82, 2.24) is 9.62 Å². The van der Waals surface area contributed by atoms with E-state index in [1.165, 1.54) is 24.2 Å². The predicted octanol–water partition coefficient (Wildman–Crippen LogP) is 2.03. The number of sulfonamides is 1. The molecule has 19 heavy (non-hydrogen) atoms. The lowest BCUT2D eigenvalue weighted by atomic mass is 10.3. The molecule has 1 N–H and O–H groups in total. The molecule has 0 amide bonds. The fourth-order valence-corrected chi connectivity index (χ4v) is 5.36. The van der Waals surface area contributed by atoms with Crippen LogP contribution < -0.4 is 5.32 Å². The highest BCUT2D eigenvalue weighted by molar-refractivity contribution is 7.91. The Balaban J connectivity index is 1.81. The van der Waals surface area contributed by atoms with Gasteiger partial charge in [0.25, 0.3) is 10.0 Å². The molecule has 2 aliphatic rings. The Morgan fingerprint density at radius 2 is 2.11 bits per heavy atom. The van der Waals surface area contributed by atoms with Crippen LogP contribution in [0.2, 0.25) is 0 Å². The van der Waals surface area contributed by atoms with Gasteiger partial charge in [0, 0.05) is 19.1 Å². The van der Waals surface area contributed by atoms with Crippen molar-refractivity contribution < 1.29 is 8.42 Å². The summed E-state index contributed by atoms with van der Waals surface area (Å²) in [4.78, 5) is 0. The van der Waals surface area contributed by atoms with Gasteiger partial charge in [0.15, 0.2) is 0 Å². The summed E-state index contributed by atoms with van der Waals surface area (Å²) >= 11 is 1.35. The summed E-state index contributed by atoms with van der Waals surface area (Å²) in [6.45, 7) is 1.45. The molecule has 4 nitrogen and oxygen atoms in total. The largest absolute Gasteiger partial charge is 0.316 e. The molecule has 2 aliphatic carbocycles. The molecular weight excluding hydrogens is 280 g/mol. The first kappa shape index (κ1) is 13.5. The summed E-state index contributed by atoms with van der Waals surface area (Å²) in [6.07, 6.45) is 4.43. The minimum absolute atomic E-state index is 0.264. The average molecular weight is 300 g/mol. The molecule has 6 heteroatoms. The molecule has 1 aromatic heterocycles. The third-order valence-corrected chi connectivity index (χ3v) is 7.05. The maximum absolute atomic E-state index is 12.7. The second kappa shape index (κ2) is 5.16. The number of thiophene rings is 1. The fourth-order valence-electron chi connectivity index (χ4n) is 2.26. The van der Waals surface area contributed by atoms with Gasteiger partial charge in [-0.3, -0.25) is 0 Å². The number of nitrogens with zero attached hydrogens (tertiary/aromatic N) is 1. The monoisotopic (exact) mass is 300 g/mol. The summed E-state index contributed by atoms with van der Waals surface area (Å²) in [7, 11) is -1.40. The van der Waals surface area contributed by atoms with Gasteiger partial charge in [-0.2, -0.15) is 4.31 Å². The molecule has 2 fully saturated rings. The summed E-state index contributed by atoms with van der Waals surface area (Å²) in [5.74, 6) is 0.604. The first-order valence-corrected chi connectivity index (χ1v) is 9.17. The quantitative estimate of drug-likeness (QED) is 0.838. The predicted molar refractivity (Wildman–Crippen MR) is 76.7 cm³/mol. The van der Waals surface area contributed by atoms with Gasteiger partial charge < -0.3 is 5.32 Å². The highest BCUT2D eigenvalue weighted by Gasteiger charge is 2.41. The number of rotatable bonds is 7. The van der Waals surface area contributed by atoms with Gasteiger partial charge in [-0.15, -0.1) is 11.3 Å². The molecule has 1 heterocycles. The fraction of sp³-hybridized carbons (Fsp3) is 0.692. The normalized spacial score (nSPS) is 20.1. The van der Waals surface area contributed by atoms with Crippen LogP contribution in [0.3, 0.4) is 0 Å². The Labute approximate surface area is 118 Å². The van der Waals surface area contributed by atoms with E-state index < -0.39 is 10.0 Å². The maximum atomic E-state index is 12.7. The zero-order valence-electron chi connectivity index (χ0n) is 11.1. The SMILES string of the molecule is CNCc1csc(S(=O)(=O)N(CC2CC2)C2CC2)c1. The minimum Gasteiger partial charge on any atom is -0.316 e. The topological polar surface area (TPSA) is 49.4 Å². The van der Waals surface area contributed by atoms with Crippen molar-refractivity contribution in [1.29, 1.82) is 0 Å². The highest BCUT2D eigenvalue weighted by Crippen LogP contribution is 2.39. The zero-order chi connectivity index (χ0) is 13.5. The first-order chi connectivity index (χ1) is 9.11. The molecule has 0 atom stereocenters. The number of nitrogens with one attached hydrogen (secondary N) is 1. The van der Waals surface area contributed by atoms with Gasteiger partial charge in [-0.1, -0.05) is 0 Å². The van der Waals surface area contributed by atoms with Crippen molar-refractivity contribution in [3.63, 3.8) is 0 Å². The Kier molecular flexibility index (Phi) is 3.68. The molecule has 0 aliphatic heterocycles. The van der Waals surface area contributed by atoms with E-state index in [1.54, 1.807) is 4.31 Å². The van der Waals surface area contributed by atoms with Crippen LogP contribution in [-0.4, -0.2) is 32.4 Å². The second-order valence-electron chi connectivity index (χ2n) is 5.55. The van der Waals surface area contributed by atoms with Crippen molar-refractivity contribution in [2.24, 2.45) is 5.92 Å². The van der Waals surface area contributed by atoms with E-state index >= 15 is 0 Å². The van der Waals surface area contributed by atoms with E-state index in [0.29, 0.717) is 10.1 Å². The van der Waals surface area contributed by atoms with Gasteiger partial charge in [-0.25, -0.2) is 8.42 Å². The minimum atomic E-state index is -3.27. The van der Waals surface area contributed by atoms with Crippen molar-refractivity contribution >= 4 is 21.4 Å². The van der Waals surface area contributed by atoms with Crippen molar-refractivity contribution in [3.05, 3.63) is 17.0 Å². The Bertz CT molecular complexity index is 545. The second-order valence-corrected chi connectivity index (χ2v) is 8.58. The third-order valence-electron chi connectivity index (χ3n) is 3.66. The lowest BCUT2D eigenvalue weighted by molar-refractivity contribution is 0.390. The van der Waals surface area contributed by atoms with E-state index in [4.69, 9.17) is 0 Å². The Morgan fingerprint density at radius 1 is 1.37 bits per heavy atom. The molecule has 3 rings (SSSR count). The summed E-state index contributed by atoms with van der Waals surface area (Å²) in [6, 6.07) is 2.08. The van der Waals surface area contributed by atoms with Crippen LogP contribution in [0.4, 0.5) is 0 Å². The van der Waals surface area contributed by atoms with E-state index in [0.717, 1.165) is 31.5 Å². The maximum Gasteiger partial charge on any atom is 0.252 e. The van der Waals surface area contributed by atoms with Crippen LogP contribution >= 0.6 is 11.3 Å². The first-order valence-electron chi connectivity index (χ1n) is 6.85. The smallest absolute Gasteiger partial charge is 0.252 e. The molecule has 0 radical (unpaired) electrons. The summed E-state index contributed by atoms with van der Waals surface area (Å²) in [5, 5.41) is 4.99. The molecule has 0 aromatic carbocycles. The average Bonchev–Trinajstić information content (AvgIpc) is 3.27. The van der Waals surface area contributed by atoms with Crippen molar-refractivity contribution in [3.8, 4) is 0 Å². The van der Waals surface area contributed by atoms with Crippen LogP contribution in [0, 0.1) is 5.92 Å². The third kappa shape index (κ3) is 3.02. The van der Waals surface area contributed by atoms with E-state index in [2.05, 4.69) is 5.32 Å². The lowest BCUT2D eigenvalue weighted by Crippen LogP contribution is -2.34.